The SMILES string of the molecule is N#CC(c1nnc2n1CCCCC2)=c1sc(=Cc2ccncc2)c(=O)n1-c1ccccc1. The first kappa shape index (κ1) is 20.1. The summed E-state index contributed by atoms with van der Waals surface area (Å²) in [5, 5.41) is 18.9. The minimum absolute atomic E-state index is 0.170. The van der Waals surface area contributed by atoms with Crippen molar-refractivity contribution in [3.8, 4) is 11.8 Å². The van der Waals surface area contributed by atoms with E-state index in [4.69, 9.17) is 0 Å². The molecule has 0 N–H and O–H groups in total. The summed E-state index contributed by atoms with van der Waals surface area (Å²) in [6.45, 7) is 0.778. The van der Waals surface area contributed by atoms with Gasteiger partial charge in [0.2, 0.25) is 0 Å². The molecular weight excluding hydrogens is 420 g/mol. The largest absolute Gasteiger partial charge is 0.310 e. The van der Waals surface area contributed by atoms with E-state index in [0.717, 1.165) is 43.6 Å². The maximum atomic E-state index is 13.5. The molecule has 0 saturated carbocycles. The van der Waals surface area contributed by atoms with Crippen LogP contribution in [0.2, 0.25) is 0 Å². The molecule has 32 heavy (non-hydrogen) atoms. The third kappa shape index (κ3) is 3.67. The number of fused-ring (bicyclic) bond motifs is 1. The number of thiazole rings is 1. The van der Waals surface area contributed by atoms with Crippen LogP contribution in [0.1, 0.15) is 36.5 Å². The first-order chi connectivity index (χ1) is 15.8. The van der Waals surface area contributed by atoms with Crippen LogP contribution in [-0.2, 0) is 13.0 Å². The second kappa shape index (κ2) is 8.73. The van der Waals surface area contributed by atoms with Crippen molar-refractivity contribution in [3.63, 3.8) is 0 Å². The quantitative estimate of drug-likeness (QED) is 0.487. The molecule has 0 amide bonds. The zero-order valence-electron chi connectivity index (χ0n) is 17.3. The number of para-hydroxylation sites is 1. The lowest BCUT2D eigenvalue weighted by Crippen LogP contribution is -2.31. The molecule has 158 valence electrons. The standard InChI is InChI=1S/C24H20N6OS/c25-16-19(22-28-27-21-9-5-2-6-14-29(21)22)24-30(18-7-3-1-4-8-18)23(31)20(32-24)15-17-10-12-26-13-11-17/h1,3-4,7-8,10-13,15H,2,5-6,9,14H2. The van der Waals surface area contributed by atoms with Crippen molar-refractivity contribution in [1.29, 1.82) is 5.26 Å². The molecular formula is C24H20N6OS. The Hall–Kier alpha value is -3.83. The third-order valence-electron chi connectivity index (χ3n) is 5.50. The smallest absolute Gasteiger partial charge is 0.273 e. The van der Waals surface area contributed by atoms with Crippen LogP contribution in [0.25, 0.3) is 17.3 Å². The molecule has 0 saturated heterocycles. The molecule has 0 aliphatic carbocycles. The monoisotopic (exact) mass is 440 g/mol. The van der Waals surface area contributed by atoms with E-state index in [1.807, 2.05) is 53.1 Å². The summed E-state index contributed by atoms with van der Waals surface area (Å²) in [7, 11) is 0. The Balaban J connectivity index is 1.84. The van der Waals surface area contributed by atoms with Gasteiger partial charge in [-0.1, -0.05) is 24.6 Å². The molecule has 0 radical (unpaired) electrons. The van der Waals surface area contributed by atoms with Crippen LogP contribution in [0.3, 0.4) is 0 Å². The van der Waals surface area contributed by atoms with Crippen molar-refractivity contribution in [2.24, 2.45) is 0 Å². The summed E-state index contributed by atoms with van der Waals surface area (Å²) in [4.78, 5) is 17.5. The molecule has 3 aromatic heterocycles. The molecule has 4 heterocycles. The Kier molecular flexibility index (Phi) is 5.48. The Morgan fingerprint density at radius 2 is 1.88 bits per heavy atom. The van der Waals surface area contributed by atoms with Crippen molar-refractivity contribution in [1.82, 2.24) is 24.3 Å². The number of hydrogen-bond acceptors (Lipinski definition) is 6. The maximum absolute atomic E-state index is 13.5. The van der Waals surface area contributed by atoms with E-state index in [1.165, 1.54) is 11.3 Å². The number of nitrogens with zero attached hydrogens (tertiary/aromatic N) is 6. The average molecular weight is 441 g/mol. The van der Waals surface area contributed by atoms with Gasteiger partial charge in [-0.25, -0.2) is 0 Å². The summed E-state index contributed by atoms with van der Waals surface area (Å²) in [5.41, 5.74) is 1.78. The van der Waals surface area contributed by atoms with Crippen molar-refractivity contribution >= 4 is 23.0 Å². The minimum atomic E-state index is -0.170. The Morgan fingerprint density at radius 1 is 1.06 bits per heavy atom. The van der Waals surface area contributed by atoms with Crippen molar-refractivity contribution in [2.45, 2.75) is 32.2 Å². The lowest BCUT2D eigenvalue weighted by molar-refractivity contribution is 0.627. The van der Waals surface area contributed by atoms with Gasteiger partial charge in [0.25, 0.3) is 5.56 Å². The highest BCUT2D eigenvalue weighted by atomic mass is 32.1. The van der Waals surface area contributed by atoms with Gasteiger partial charge in [0.05, 0.1) is 10.2 Å². The third-order valence-corrected chi connectivity index (χ3v) is 6.59. The molecule has 0 fully saturated rings. The second-order valence-electron chi connectivity index (χ2n) is 7.56. The Labute approximate surface area is 188 Å². The zero-order chi connectivity index (χ0) is 21.9. The molecule has 8 heteroatoms. The number of nitriles is 1. The van der Waals surface area contributed by atoms with E-state index in [0.29, 0.717) is 26.3 Å². The van der Waals surface area contributed by atoms with E-state index in [9.17, 15) is 10.1 Å². The van der Waals surface area contributed by atoms with Crippen molar-refractivity contribution < 1.29 is 0 Å². The number of pyridine rings is 1. The Bertz CT molecular complexity index is 1480. The molecule has 0 atom stereocenters. The van der Waals surface area contributed by atoms with Crippen molar-refractivity contribution in [3.05, 3.63) is 91.6 Å². The summed E-state index contributed by atoms with van der Waals surface area (Å²) < 4.78 is 4.74. The van der Waals surface area contributed by atoms with Gasteiger partial charge in [-0.2, -0.15) is 5.26 Å². The van der Waals surface area contributed by atoms with E-state index < -0.39 is 0 Å². The number of aryl methyl sites for hydroxylation is 1. The fourth-order valence-electron chi connectivity index (χ4n) is 3.94. The Morgan fingerprint density at radius 3 is 2.66 bits per heavy atom. The molecule has 0 unspecified atom stereocenters. The second-order valence-corrected chi connectivity index (χ2v) is 8.59. The molecule has 5 rings (SSSR count). The van der Waals surface area contributed by atoms with Gasteiger partial charge in [-0.15, -0.1) is 21.5 Å². The van der Waals surface area contributed by atoms with Crippen LogP contribution in [0.5, 0.6) is 0 Å². The van der Waals surface area contributed by atoms with Gasteiger partial charge in [0, 0.05) is 25.4 Å². The van der Waals surface area contributed by atoms with Gasteiger partial charge in [0.15, 0.2) is 5.82 Å². The fourth-order valence-corrected chi connectivity index (χ4v) is 5.04. The first-order valence-corrected chi connectivity index (χ1v) is 11.3. The van der Waals surface area contributed by atoms with Gasteiger partial charge in [-0.3, -0.25) is 14.3 Å². The molecule has 0 spiro atoms. The normalized spacial score (nSPS) is 15.0. The predicted octanol–water partition coefficient (Wildman–Crippen LogP) is 2.16. The summed E-state index contributed by atoms with van der Waals surface area (Å²) in [6.07, 6.45) is 9.28. The molecule has 0 bridgehead atoms. The van der Waals surface area contributed by atoms with E-state index in [1.54, 1.807) is 17.0 Å². The summed E-state index contributed by atoms with van der Waals surface area (Å²) >= 11 is 1.30. The van der Waals surface area contributed by atoms with Crippen molar-refractivity contribution in [2.75, 3.05) is 0 Å². The van der Waals surface area contributed by atoms with Gasteiger partial charge in [-0.05, 0) is 48.7 Å². The van der Waals surface area contributed by atoms with Crippen LogP contribution in [0, 0.1) is 11.3 Å². The number of rotatable bonds is 3. The highest BCUT2D eigenvalue weighted by Crippen LogP contribution is 2.18. The predicted molar refractivity (Wildman–Crippen MR) is 123 cm³/mol. The number of hydrogen-bond donors (Lipinski definition) is 0. The highest BCUT2D eigenvalue weighted by molar-refractivity contribution is 7.07. The average Bonchev–Trinajstić information content (AvgIpc) is 3.27. The summed E-state index contributed by atoms with van der Waals surface area (Å²) in [6, 6.07) is 15.4. The fraction of sp³-hybridized carbons (Fsp3) is 0.208. The molecule has 7 nitrogen and oxygen atoms in total. The topological polar surface area (TPSA) is 89.4 Å². The number of aromatic nitrogens is 5. The van der Waals surface area contributed by atoms with E-state index in [2.05, 4.69) is 21.3 Å². The van der Waals surface area contributed by atoms with Gasteiger partial charge >= 0.3 is 0 Å². The molecule has 4 aromatic rings. The van der Waals surface area contributed by atoms with Crippen LogP contribution in [0.4, 0.5) is 0 Å². The highest BCUT2D eigenvalue weighted by Gasteiger charge is 2.21. The first-order valence-electron chi connectivity index (χ1n) is 10.5. The molecule has 1 aliphatic heterocycles. The van der Waals surface area contributed by atoms with E-state index in [-0.39, 0.29) is 5.56 Å². The zero-order valence-corrected chi connectivity index (χ0v) is 18.1. The van der Waals surface area contributed by atoms with Crippen LogP contribution < -0.4 is 14.8 Å². The number of benzene rings is 1. The minimum Gasteiger partial charge on any atom is -0.310 e. The molecule has 1 aliphatic rings. The van der Waals surface area contributed by atoms with Crippen LogP contribution in [0.15, 0.2) is 59.7 Å². The lowest BCUT2D eigenvalue weighted by atomic mass is 10.2. The van der Waals surface area contributed by atoms with Crippen LogP contribution >= 0.6 is 11.3 Å². The maximum Gasteiger partial charge on any atom is 0.273 e. The molecule has 1 aromatic carbocycles. The van der Waals surface area contributed by atoms with E-state index >= 15 is 0 Å². The van der Waals surface area contributed by atoms with Gasteiger partial charge < -0.3 is 4.57 Å². The van der Waals surface area contributed by atoms with Crippen LogP contribution in [-0.4, -0.2) is 24.3 Å². The van der Waals surface area contributed by atoms with Gasteiger partial charge in [0.1, 0.15) is 22.1 Å². The lowest BCUT2D eigenvalue weighted by Gasteiger charge is -2.07. The summed E-state index contributed by atoms with van der Waals surface area (Å²) in [5.74, 6) is 1.43.